The number of halogens is 2. The number of fused-ring (bicyclic) bond motifs is 1. The number of aromatic nitrogens is 2. The fourth-order valence-corrected chi connectivity index (χ4v) is 3.16. The summed E-state index contributed by atoms with van der Waals surface area (Å²) in [5, 5.41) is 0.668. The molecule has 0 aliphatic rings. The molecule has 0 radical (unpaired) electrons. The summed E-state index contributed by atoms with van der Waals surface area (Å²) >= 11 is 8.57. The van der Waals surface area contributed by atoms with Gasteiger partial charge in [-0.25, -0.2) is 4.98 Å². The molecular formula is C14H11ClIN3. The predicted octanol–water partition coefficient (Wildman–Crippen LogP) is 4.17. The standard InChI is InChI=1S/C14H11ClIN3/c1-8-3-2-4-11-13(8)19(14(17)18-11)12-6-5-9(16)7-10(12)15/h2-7H,1H3,(H2,17,18). The largest absolute Gasteiger partial charge is 0.369 e. The molecule has 0 atom stereocenters. The molecule has 0 bridgehead atoms. The Morgan fingerprint density at radius 3 is 2.79 bits per heavy atom. The molecule has 0 saturated heterocycles. The average molecular weight is 384 g/mol. The van der Waals surface area contributed by atoms with Gasteiger partial charge in [0.25, 0.3) is 0 Å². The fraction of sp³-hybridized carbons (Fsp3) is 0.0714. The number of rotatable bonds is 1. The SMILES string of the molecule is Cc1cccc2nc(N)n(-c3ccc(I)cc3Cl)c12. The fourth-order valence-electron chi connectivity index (χ4n) is 2.22. The van der Waals surface area contributed by atoms with Crippen molar-refractivity contribution in [3.63, 3.8) is 0 Å². The van der Waals surface area contributed by atoms with Gasteiger partial charge in [0.05, 0.1) is 21.7 Å². The Morgan fingerprint density at radius 1 is 1.26 bits per heavy atom. The number of imidazole rings is 1. The van der Waals surface area contributed by atoms with Crippen molar-refractivity contribution < 1.29 is 0 Å². The normalized spacial score (nSPS) is 11.1. The van der Waals surface area contributed by atoms with Crippen molar-refractivity contribution in [1.82, 2.24) is 9.55 Å². The molecule has 0 aliphatic carbocycles. The molecule has 0 saturated carbocycles. The Morgan fingerprint density at radius 2 is 2.05 bits per heavy atom. The molecule has 3 aromatic rings. The second-order valence-corrected chi connectivity index (χ2v) is 6.00. The summed E-state index contributed by atoms with van der Waals surface area (Å²) in [6.45, 7) is 2.04. The van der Waals surface area contributed by atoms with Crippen molar-refractivity contribution in [3.8, 4) is 5.69 Å². The first-order valence-electron chi connectivity index (χ1n) is 5.77. The van der Waals surface area contributed by atoms with Crippen LogP contribution in [0.1, 0.15) is 5.56 Å². The molecule has 5 heteroatoms. The third kappa shape index (κ3) is 2.08. The van der Waals surface area contributed by atoms with Crippen LogP contribution in [0.4, 0.5) is 5.95 Å². The van der Waals surface area contributed by atoms with Crippen LogP contribution in [0.2, 0.25) is 5.02 Å². The molecule has 0 fully saturated rings. The van der Waals surface area contributed by atoms with Gasteiger partial charge >= 0.3 is 0 Å². The van der Waals surface area contributed by atoms with Crippen molar-refractivity contribution in [2.75, 3.05) is 5.73 Å². The summed E-state index contributed by atoms with van der Waals surface area (Å²) in [5.41, 5.74) is 9.92. The van der Waals surface area contributed by atoms with Crippen LogP contribution in [0.3, 0.4) is 0 Å². The lowest BCUT2D eigenvalue weighted by atomic mass is 10.2. The number of hydrogen-bond donors (Lipinski definition) is 1. The Kier molecular flexibility index (Phi) is 3.14. The van der Waals surface area contributed by atoms with Crippen molar-refractivity contribution in [2.24, 2.45) is 0 Å². The van der Waals surface area contributed by atoms with Crippen LogP contribution in [0.15, 0.2) is 36.4 Å². The zero-order valence-corrected chi connectivity index (χ0v) is 13.1. The van der Waals surface area contributed by atoms with Gasteiger partial charge in [-0.05, 0) is 59.3 Å². The summed E-state index contributed by atoms with van der Waals surface area (Å²) in [7, 11) is 0. The molecule has 2 N–H and O–H groups in total. The minimum Gasteiger partial charge on any atom is -0.369 e. The lowest BCUT2D eigenvalue weighted by Gasteiger charge is -2.10. The van der Waals surface area contributed by atoms with E-state index in [0.29, 0.717) is 11.0 Å². The van der Waals surface area contributed by atoms with Gasteiger partial charge in [0.2, 0.25) is 5.95 Å². The maximum atomic E-state index is 6.34. The van der Waals surface area contributed by atoms with Gasteiger partial charge in [-0.1, -0.05) is 23.7 Å². The lowest BCUT2D eigenvalue weighted by Crippen LogP contribution is -2.02. The van der Waals surface area contributed by atoms with E-state index in [1.165, 1.54) is 0 Å². The van der Waals surface area contributed by atoms with E-state index in [0.717, 1.165) is 25.9 Å². The van der Waals surface area contributed by atoms with E-state index >= 15 is 0 Å². The molecule has 3 nitrogen and oxygen atoms in total. The van der Waals surface area contributed by atoms with Crippen LogP contribution in [-0.4, -0.2) is 9.55 Å². The summed E-state index contributed by atoms with van der Waals surface area (Å²) < 4.78 is 2.99. The highest BCUT2D eigenvalue weighted by atomic mass is 127. The van der Waals surface area contributed by atoms with Gasteiger partial charge in [0.15, 0.2) is 0 Å². The molecular weight excluding hydrogens is 373 g/mol. The number of para-hydroxylation sites is 1. The molecule has 0 unspecified atom stereocenters. The molecule has 3 rings (SSSR count). The molecule has 0 amide bonds. The predicted molar refractivity (Wildman–Crippen MR) is 87.9 cm³/mol. The molecule has 19 heavy (non-hydrogen) atoms. The van der Waals surface area contributed by atoms with E-state index < -0.39 is 0 Å². The number of benzene rings is 2. The Bertz CT molecular complexity index is 780. The monoisotopic (exact) mass is 383 g/mol. The Balaban J connectivity index is 2.39. The van der Waals surface area contributed by atoms with Crippen molar-refractivity contribution >= 4 is 51.2 Å². The highest BCUT2D eigenvalue weighted by Gasteiger charge is 2.14. The van der Waals surface area contributed by atoms with E-state index in [-0.39, 0.29) is 0 Å². The van der Waals surface area contributed by atoms with Gasteiger partial charge in [0, 0.05) is 3.57 Å². The third-order valence-corrected chi connectivity index (χ3v) is 4.03. The second kappa shape index (κ2) is 4.68. The topological polar surface area (TPSA) is 43.8 Å². The number of nitrogen functional groups attached to an aromatic ring is 1. The Labute approximate surface area is 129 Å². The van der Waals surface area contributed by atoms with Crippen LogP contribution < -0.4 is 5.73 Å². The molecule has 96 valence electrons. The maximum Gasteiger partial charge on any atom is 0.205 e. The van der Waals surface area contributed by atoms with E-state index in [4.69, 9.17) is 17.3 Å². The summed E-state index contributed by atoms with van der Waals surface area (Å²) in [4.78, 5) is 4.39. The minimum absolute atomic E-state index is 0.451. The number of anilines is 1. The first kappa shape index (κ1) is 12.7. The first-order chi connectivity index (χ1) is 9.08. The number of hydrogen-bond acceptors (Lipinski definition) is 2. The molecule has 0 spiro atoms. The highest BCUT2D eigenvalue weighted by Crippen LogP contribution is 2.30. The highest BCUT2D eigenvalue weighted by molar-refractivity contribution is 14.1. The van der Waals surface area contributed by atoms with Crippen LogP contribution >= 0.6 is 34.2 Å². The van der Waals surface area contributed by atoms with E-state index in [2.05, 4.69) is 27.6 Å². The van der Waals surface area contributed by atoms with Crippen molar-refractivity contribution in [2.45, 2.75) is 6.92 Å². The lowest BCUT2D eigenvalue weighted by molar-refractivity contribution is 1.10. The quantitative estimate of drug-likeness (QED) is 0.641. The van der Waals surface area contributed by atoms with Crippen LogP contribution in [0.25, 0.3) is 16.7 Å². The zero-order chi connectivity index (χ0) is 13.6. The number of nitrogens with two attached hydrogens (primary N) is 1. The van der Waals surface area contributed by atoms with Crippen LogP contribution in [0, 0.1) is 10.5 Å². The summed E-state index contributed by atoms with van der Waals surface area (Å²) in [6.07, 6.45) is 0. The first-order valence-corrected chi connectivity index (χ1v) is 7.22. The van der Waals surface area contributed by atoms with Crippen LogP contribution in [0.5, 0.6) is 0 Å². The Hall–Kier alpha value is -1.27. The maximum absolute atomic E-state index is 6.34. The molecule has 1 heterocycles. The molecule has 0 aliphatic heterocycles. The van der Waals surface area contributed by atoms with Crippen LogP contribution in [-0.2, 0) is 0 Å². The summed E-state index contributed by atoms with van der Waals surface area (Å²) in [6, 6.07) is 11.9. The minimum atomic E-state index is 0.451. The second-order valence-electron chi connectivity index (χ2n) is 4.34. The van der Waals surface area contributed by atoms with Gasteiger partial charge < -0.3 is 5.73 Å². The molecule has 1 aromatic heterocycles. The van der Waals surface area contributed by atoms with Gasteiger partial charge in [0.1, 0.15) is 0 Å². The number of nitrogens with zero attached hydrogens (tertiary/aromatic N) is 2. The molecule has 2 aromatic carbocycles. The smallest absolute Gasteiger partial charge is 0.205 e. The van der Waals surface area contributed by atoms with E-state index in [1.807, 2.05) is 47.9 Å². The van der Waals surface area contributed by atoms with Crippen molar-refractivity contribution in [1.29, 1.82) is 0 Å². The van der Waals surface area contributed by atoms with Gasteiger partial charge in [-0.3, -0.25) is 4.57 Å². The van der Waals surface area contributed by atoms with E-state index in [1.54, 1.807) is 0 Å². The van der Waals surface area contributed by atoms with Crippen molar-refractivity contribution in [3.05, 3.63) is 50.6 Å². The van der Waals surface area contributed by atoms with E-state index in [9.17, 15) is 0 Å². The average Bonchev–Trinajstić information content (AvgIpc) is 2.67. The van der Waals surface area contributed by atoms with Gasteiger partial charge in [-0.2, -0.15) is 0 Å². The zero-order valence-electron chi connectivity index (χ0n) is 10.2. The number of aryl methyl sites for hydroxylation is 1. The van der Waals surface area contributed by atoms with Gasteiger partial charge in [-0.15, -0.1) is 0 Å². The summed E-state index contributed by atoms with van der Waals surface area (Å²) in [5.74, 6) is 0.451. The third-order valence-electron chi connectivity index (χ3n) is 3.05.